The molecule has 0 saturated carbocycles. The van der Waals surface area contributed by atoms with Crippen LogP contribution in [0.5, 0.6) is 0 Å². The maximum absolute atomic E-state index is 13.3. The average molecular weight is 482 g/mol. The molecule has 0 radical (unpaired) electrons. The molecule has 2 N–H and O–H groups in total. The van der Waals surface area contributed by atoms with Gasteiger partial charge in [-0.05, 0) is 31.2 Å². The molecular weight excluding hydrogens is 450 g/mol. The molecule has 10 nitrogen and oxygen atoms in total. The Morgan fingerprint density at radius 2 is 1.85 bits per heavy atom. The van der Waals surface area contributed by atoms with Gasteiger partial charge in [-0.2, -0.15) is 0 Å². The summed E-state index contributed by atoms with van der Waals surface area (Å²) in [5.74, 6) is -2.57. The largest absolute Gasteiger partial charge is 0.480 e. The summed E-state index contributed by atoms with van der Waals surface area (Å²) in [4.78, 5) is 40.5. The quantitative estimate of drug-likeness (QED) is 0.527. The Kier molecular flexibility index (Phi) is 8.44. The van der Waals surface area contributed by atoms with Crippen molar-refractivity contribution in [3.63, 3.8) is 0 Å². The molecule has 2 saturated heterocycles. The van der Waals surface area contributed by atoms with Crippen LogP contribution < -0.4 is 4.72 Å². The highest BCUT2D eigenvalue weighted by molar-refractivity contribution is 7.88. The molecule has 11 heteroatoms. The minimum Gasteiger partial charge on any atom is -0.480 e. The van der Waals surface area contributed by atoms with E-state index >= 15 is 0 Å². The first-order valence-corrected chi connectivity index (χ1v) is 12.7. The van der Waals surface area contributed by atoms with Crippen molar-refractivity contribution in [1.82, 2.24) is 14.5 Å². The predicted molar refractivity (Wildman–Crippen MR) is 120 cm³/mol. The molecule has 0 bridgehead atoms. The highest BCUT2D eigenvalue weighted by Gasteiger charge is 2.39. The maximum Gasteiger partial charge on any atom is 0.326 e. The molecule has 0 aromatic heterocycles. The fourth-order valence-corrected chi connectivity index (χ4v) is 5.65. The lowest BCUT2D eigenvalue weighted by Gasteiger charge is -2.33. The summed E-state index contributed by atoms with van der Waals surface area (Å²) in [6.45, 7) is 1.27. The van der Waals surface area contributed by atoms with E-state index in [4.69, 9.17) is 4.74 Å². The standard InChI is InChI=1S/C22H31N3O7S/c1-24(17-9-12-32-13-10-17)20(26)14-18(21(27)25-11-5-8-19(25)22(28)29)23-33(30,31)15-16-6-3-2-4-7-16/h2-4,6-7,17-19,23H,5,8-15H2,1H3,(H,28,29)/t18?,19-/m0/s1. The summed E-state index contributed by atoms with van der Waals surface area (Å²) in [5, 5.41) is 9.46. The normalized spacial score (nSPS) is 20.4. The highest BCUT2D eigenvalue weighted by Crippen LogP contribution is 2.21. The van der Waals surface area contributed by atoms with Gasteiger partial charge in [-0.3, -0.25) is 9.59 Å². The monoisotopic (exact) mass is 481 g/mol. The first-order chi connectivity index (χ1) is 15.7. The van der Waals surface area contributed by atoms with Gasteiger partial charge < -0.3 is 19.6 Å². The van der Waals surface area contributed by atoms with Crippen molar-refractivity contribution >= 4 is 27.8 Å². The predicted octanol–water partition coefficient (Wildman–Crippen LogP) is 0.578. The summed E-state index contributed by atoms with van der Waals surface area (Å²) in [6, 6.07) is 6.03. The van der Waals surface area contributed by atoms with Crippen LogP contribution >= 0.6 is 0 Å². The molecule has 2 heterocycles. The Bertz CT molecular complexity index is 948. The van der Waals surface area contributed by atoms with E-state index in [9.17, 15) is 27.9 Å². The fourth-order valence-electron chi connectivity index (χ4n) is 4.31. The highest BCUT2D eigenvalue weighted by atomic mass is 32.2. The van der Waals surface area contributed by atoms with E-state index in [1.165, 1.54) is 9.80 Å². The van der Waals surface area contributed by atoms with Crippen LogP contribution in [0, 0.1) is 0 Å². The summed E-state index contributed by atoms with van der Waals surface area (Å²) >= 11 is 0. The third-order valence-electron chi connectivity index (χ3n) is 6.15. The van der Waals surface area contributed by atoms with Gasteiger partial charge in [0.1, 0.15) is 12.1 Å². The number of sulfonamides is 1. The van der Waals surface area contributed by atoms with Gasteiger partial charge in [-0.25, -0.2) is 17.9 Å². The van der Waals surface area contributed by atoms with Crippen LogP contribution in [0.25, 0.3) is 0 Å². The third kappa shape index (κ3) is 6.75. The minimum atomic E-state index is -3.98. The molecule has 2 atom stereocenters. The Labute approximate surface area is 193 Å². The van der Waals surface area contributed by atoms with Crippen molar-refractivity contribution in [3.05, 3.63) is 35.9 Å². The second-order valence-electron chi connectivity index (χ2n) is 8.50. The van der Waals surface area contributed by atoms with E-state index in [0.29, 0.717) is 44.5 Å². The number of carbonyl (C=O) groups excluding carboxylic acids is 2. The lowest BCUT2D eigenvalue weighted by molar-refractivity contribution is -0.149. The number of hydrogen-bond acceptors (Lipinski definition) is 6. The van der Waals surface area contributed by atoms with Crippen molar-refractivity contribution in [1.29, 1.82) is 0 Å². The Morgan fingerprint density at radius 1 is 1.18 bits per heavy atom. The number of nitrogens with one attached hydrogen (secondary N) is 1. The van der Waals surface area contributed by atoms with Crippen LogP contribution in [0.1, 0.15) is 37.7 Å². The molecule has 1 aromatic carbocycles. The first-order valence-electron chi connectivity index (χ1n) is 11.1. The van der Waals surface area contributed by atoms with Gasteiger partial charge >= 0.3 is 5.97 Å². The van der Waals surface area contributed by atoms with Gasteiger partial charge in [0.05, 0.1) is 12.2 Å². The maximum atomic E-state index is 13.3. The third-order valence-corrected chi connectivity index (χ3v) is 7.51. The van der Waals surface area contributed by atoms with Crippen LogP contribution in [0.3, 0.4) is 0 Å². The molecule has 1 aromatic rings. The first kappa shape index (κ1) is 25.1. The lowest BCUT2D eigenvalue weighted by Crippen LogP contribution is -2.54. The van der Waals surface area contributed by atoms with Crippen LogP contribution in [0.2, 0.25) is 0 Å². The number of ether oxygens (including phenoxy) is 1. The van der Waals surface area contributed by atoms with Crippen molar-refractivity contribution in [2.24, 2.45) is 0 Å². The number of benzene rings is 1. The summed E-state index contributed by atoms with van der Waals surface area (Å²) in [5.41, 5.74) is 0.534. The van der Waals surface area contributed by atoms with E-state index in [-0.39, 0.29) is 30.7 Å². The van der Waals surface area contributed by atoms with Crippen LogP contribution in [0.4, 0.5) is 0 Å². The van der Waals surface area contributed by atoms with Crippen LogP contribution in [-0.2, 0) is 34.9 Å². The minimum absolute atomic E-state index is 0.0542. The number of hydrogen-bond donors (Lipinski definition) is 2. The SMILES string of the molecule is CN(C(=O)CC(NS(=O)(=O)Cc1ccccc1)C(=O)N1CCC[C@H]1C(=O)O)C1CCOCC1. The van der Waals surface area contributed by atoms with E-state index in [1.807, 2.05) is 0 Å². The number of carboxylic acids is 1. The van der Waals surface area contributed by atoms with Crippen molar-refractivity contribution in [2.75, 3.05) is 26.8 Å². The molecule has 2 fully saturated rings. The number of likely N-dealkylation sites (tertiary alicyclic amines) is 1. The zero-order chi connectivity index (χ0) is 24.0. The molecule has 2 aliphatic heterocycles. The zero-order valence-corrected chi connectivity index (χ0v) is 19.5. The zero-order valence-electron chi connectivity index (χ0n) is 18.7. The van der Waals surface area contributed by atoms with Crippen molar-refractivity contribution in [3.8, 4) is 0 Å². The molecule has 0 aliphatic carbocycles. The van der Waals surface area contributed by atoms with Gasteiger partial charge in [0.25, 0.3) is 0 Å². The summed E-state index contributed by atoms with van der Waals surface area (Å²) in [6.07, 6.45) is 1.73. The number of amides is 2. The van der Waals surface area contributed by atoms with E-state index in [0.717, 1.165) is 0 Å². The topological polar surface area (TPSA) is 133 Å². The summed E-state index contributed by atoms with van der Waals surface area (Å²) < 4.78 is 33.4. The van der Waals surface area contributed by atoms with E-state index < -0.39 is 34.0 Å². The summed E-state index contributed by atoms with van der Waals surface area (Å²) in [7, 11) is -2.34. The molecule has 33 heavy (non-hydrogen) atoms. The van der Waals surface area contributed by atoms with E-state index in [1.54, 1.807) is 37.4 Å². The van der Waals surface area contributed by atoms with Gasteiger partial charge in [-0.15, -0.1) is 0 Å². The number of carboxylic acid groups (broad SMARTS) is 1. The number of carbonyl (C=O) groups is 3. The number of rotatable bonds is 9. The van der Waals surface area contributed by atoms with E-state index in [2.05, 4.69) is 4.72 Å². The van der Waals surface area contributed by atoms with Crippen LogP contribution in [-0.4, -0.2) is 86.0 Å². The molecule has 3 rings (SSSR count). The molecular formula is C22H31N3O7S. The van der Waals surface area contributed by atoms with Gasteiger partial charge in [0.2, 0.25) is 21.8 Å². The Balaban J connectivity index is 1.78. The second-order valence-corrected chi connectivity index (χ2v) is 10.2. The number of nitrogens with zero attached hydrogens (tertiary/aromatic N) is 2. The van der Waals surface area contributed by atoms with Crippen molar-refractivity contribution < 1.29 is 32.6 Å². The lowest BCUT2D eigenvalue weighted by atomic mass is 10.1. The van der Waals surface area contributed by atoms with Crippen LogP contribution in [0.15, 0.2) is 30.3 Å². The molecule has 0 spiro atoms. The van der Waals surface area contributed by atoms with Gasteiger partial charge in [-0.1, -0.05) is 30.3 Å². The van der Waals surface area contributed by atoms with Crippen molar-refractivity contribution in [2.45, 2.75) is 56.0 Å². The molecule has 2 aliphatic rings. The smallest absolute Gasteiger partial charge is 0.326 e. The Hall–Kier alpha value is -2.50. The molecule has 182 valence electrons. The Morgan fingerprint density at radius 3 is 2.48 bits per heavy atom. The fraction of sp³-hybridized carbons (Fsp3) is 0.591. The average Bonchev–Trinajstić information content (AvgIpc) is 3.28. The molecule has 2 amide bonds. The van der Waals surface area contributed by atoms with Gasteiger partial charge in [0.15, 0.2) is 0 Å². The number of aliphatic carboxylic acids is 1. The van der Waals surface area contributed by atoms with Gasteiger partial charge in [0, 0.05) is 32.8 Å². The second kappa shape index (κ2) is 11.1. The molecule has 1 unspecified atom stereocenters.